The van der Waals surface area contributed by atoms with Gasteiger partial charge >= 0.3 is 0 Å². The molecule has 1 aromatic rings. The van der Waals surface area contributed by atoms with E-state index in [1.54, 1.807) is 0 Å². The van der Waals surface area contributed by atoms with E-state index in [1.807, 2.05) is 25.1 Å². The van der Waals surface area contributed by atoms with Gasteiger partial charge in [-0.15, -0.1) is 12.4 Å². The predicted octanol–water partition coefficient (Wildman–Crippen LogP) is 2.78. The van der Waals surface area contributed by atoms with Crippen molar-refractivity contribution in [2.24, 2.45) is 11.1 Å². The van der Waals surface area contributed by atoms with Crippen LogP contribution < -0.4 is 11.1 Å². The molecule has 2 rings (SSSR count). The van der Waals surface area contributed by atoms with E-state index in [4.69, 9.17) is 5.73 Å². The van der Waals surface area contributed by atoms with Gasteiger partial charge in [0.15, 0.2) is 0 Å². The molecule has 1 fully saturated rings. The van der Waals surface area contributed by atoms with Crippen molar-refractivity contribution in [3.05, 3.63) is 35.9 Å². The molecule has 1 aliphatic heterocycles. The van der Waals surface area contributed by atoms with Crippen molar-refractivity contribution in [2.75, 3.05) is 19.6 Å². The molecule has 0 aromatic heterocycles. The minimum absolute atomic E-state index is 0. The molecule has 1 aromatic carbocycles. The maximum absolute atomic E-state index is 12.5. The molecule has 0 aliphatic carbocycles. The molecule has 0 spiro atoms. The van der Waals surface area contributed by atoms with Gasteiger partial charge in [-0.3, -0.25) is 9.69 Å². The lowest BCUT2D eigenvalue weighted by Crippen LogP contribution is -2.57. The van der Waals surface area contributed by atoms with E-state index >= 15 is 0 Å². The van der Waals surface area contributed by atoms with Gasteiger partial charge in [-0.25, -0.2) is 0 Å². The number of rotatable bonds is 5. The molecule has 0 bridgehead atoms. The van der Waals surface area contributed by atoms with Crippen LogP contribution in [0.25, 0.3) is 0 Å². The third-order valence-electron chi connectivity index (χ3n) is 5.22. The number of likely N-dealkylation sites (tertiary alicyclic amines) is 1. The second kappa shape index (κ2) is 8.84. The Hall–Kier alpha value is -1.10. The monoisotopic (exact) mass is 353 g/mol. The summed E-state index contributed by atoms with van der Waals surface area (Å²) in [7, 11) is 0. The second-order valence-electron chi connectivity index (χ2n) is 7.59. The first kappa shape index (κ1) is 20.9. The molecule has 1 aliphatic rings. The highest BCUT2D eigenvalue weighted by atomic mass is 35.5. The van der Waals surface area contributed by atoms with Crippen molar-refractivity contribution in [2.45, 2.75) is 52.1 Å². The molecule has 3 N–H and O–H groups in total. The fourth-order valence-electron chi connectivity index (χ4n) is 3.21. The summed E-state index contributed by atoms with van der Waals surface area (Å²) in [4.78, 5) is 14.7. The zero-order chi connectivity index (χ0) is 17.0. The molecule has 5 heteroatoms. The summed E-state index contributed by atoms with van der Waals surface area (Å²) in [5, 5.41) is 3.10. The smallest absolute Gasteiger partial charge is 0.237 e. The topological polar surface area (TPSA) is 58.4 Å². The van der Waals surface area contributed by atoms with Crippen LogP contribution in [0.2, 0.25) is 0 Å². The second-order valence-corrected chi connectivity index (χ2v) is 7.59. The van der Waals surface area contributed by atoms with E-state index in [0.717, 1.165) is 19.5 Å². The molecular weight excluding hydrogens is 322 g/mol. The van der Waals surface area contributed by atoms with Crippen molar-refractivity contribution >= 4 is 18.3 Å². The van der Waals surface area contributed by atoms with E-state index in [2.05, 4.69) is 43.1 Å². The summed E-state index contributed by atoms with van der Waals surface area (Å²) in [6, 6.07) is 10.4. The molecule has 0 radical (unpaired) electrons. The van der Waals surface area contributed by atoms with Gasteiger partial charge in [0.2, 0.25) is 5.91 Å². The predicted molar refractivity (Wildman–Crippen MR) is 103 cm³/mol. The first-order valence-electron chi connectivity index (χ1n) is 8.63. The highest BCUT2D eigenvalue weighted by Crippen LogP contribution is 2.28. The van der Waals surface area contributed by atoms with Crippen molar-refractivity contribution < 1.29 is 4.79 Å². The Kier molecular flexibility index (Phi) is 7.71. The summed E-state index contributed by atoms with van der Waals surface area (Å²) >= 11 is 0. The highest BCUT2D eigenvalue weighted by Gasteiger charge is 2.36. The molecule has 1 amide bonds. The van der Waals surface area contributed by atoms with Gasteiger partial charge in [-0.05, 0) is 30.2 Å². The number of hydrogen-bond acceptors (Lipinski definition) is 3. The Balaban J connectivity index is 0.00000288. The Labute approximate surface area is 152 Å². The zero-order valence-electron chi connectivity index (χ0n) is 15.3. The summed E-state index contributed by atoms with van der Waals surface area (Å²) in [6.07, 6.45) is 0.949. The Morgan fingerprint density at radius 2 is 1.96 bits per heavy atom. The quantitative estimate of drug-likeness (QED) is 0.855. The summed E-state index contributed by atoms with van der Waals surface area (Å²) in [5.41, 5.74) is 7.50. The highest BCUT2D eigenvalue weighted by molar-refractivity contribution is 5.85. The Bertz CT molecular complexity index is 521. The van der Waals surface area contributed by atoms with Crippen LogP contribution in [-0.4, -0.2) is 42.5 Å². The van der Waals surface area contributed by atoms with E-state index < -0.39 is 0 Å². The summed E-state index contributed by atoms with van der Waals surface area (Å²) in [6.45, 7) is 10.9. The van der Waals surface area contributed by atoms with Gasteiger partial charge < -0.3 is 11.1 Å². The standard InChI is InChI=1S/C19H31N3O.ClH/c1-14(16-8-6-5-7-9-16)12-21-18(23)15(2)22-11-10-17(20)19(3,4)13-22;/h5-9,14-15,17H,10-13,20H2,1-4H3,(H,21,23);1H. The summed E-state index contributed by atoms with van der Waals surface area (Å²) in [5.74, 6) is 0.428. The van der Waals surface area contributed by atoms with Gasteiger partial charge in [-0.1, -0.05) is 51.1 Å². The molecule has 1 heterocycles. The van der Waals surface area contributed by atoms with Crippen LogP contribution in [0.1, 0.15) is 45.6 Å². The van der Waals surface area contributed by atoms with Crippen LogP contribution >= 0.6 is 12.4 Å². The van der Waals surface area contributed by atoms with Crippen LogP contribution in [0.4, 0.5) is 0 Å². The minimum atomic E-state index is -0.107. The number of nitrogens with zero attached hydrogens (tertiary/aromatic N) is 1. The third kappa shape index (κ3) is 5.20. The van der Waals surface area contributed by atoms with E-state index in [-0.39, 0.29) is 35.8 Å². The molecule has 136 valence electrons. The van der Waals surface area contributed by atoms with Crippen LogP contribution in [-0.2, 0) is 4.79 Å². The summed E-state index contributed by atoms with van der Waals surface area (Å²) < 4.78 is 0. The van der Waals surface area contributed by atoms with Crippen molar-refractivity contribution in [1.29, 1.82) is 0 Å². The van der Waals surface area contributed by atoms with Crippen LogP contribution in [0.3, 0.4) is 0 Å². The molecule has 0 saturated carbocycles. The van der Waals surface area contributed by atoms with Crippen LogP contribution in [0.15, 0.2) is 30.3 Å². The Morgan fingerprint density at radius 1 is 1.33 bits per heavy atom. The molecular formula is C19H32ClN3O. The lowest BCUT2D eigenvalue weighted by molar-refractivity contribution is -0.127. The fourth-order valence-corrected chi connectivity index (χ4v) is 3.21. The van der Waals surface area contributed by atoms with Gasteiger partial charge in [-0.2, -0.15) is 0 Å². The van der Waals surface area contributed by atoms with Crippen LogP contribution in [0, 0.1) is 5.41 Å². The normalized spacial score (nSPS) is 23.0. The van der Waals surface area contributed by atoms with Crippen LogP contribution in [0.5, 0.6) is 0 Å². The largest absolute Gasteiger partial charge is 0.354 e. The number of amides is 1. The minimum Gasteiger partial charge on any atom is -0.354 e. The molecule has 3 unspecified atom stereocenters. The molecule has 1 saturated heterocycles. The van der Waals surface area contributed by atoms with E-state index in [0.29, 0.717) is 12.5 Å². The number of hydrogen-bond donors (Lipinski definition) is 2. The first-order valence-corrected chi connectivity index (χ1v) is 8.63. The van der Waals surface area contributed by atoms with Gasteiger partial charge in [0.25, 0.3) is 0 Å². The number of benzene rings is 1. The number of carbonyl (C=O) groups is 1. The number of piperidine rings is 1. The lowest BCUT2D eigenvalue weighted by Gasteiger charge is -2.44. The van der Waals surface area contributed by atoms with E-state index in [9.17, 15) is 4.79 Å². The number of nitrogens with two attached hydrogens (primary N) is 1. The van der Waals surface area contributed by atoms with Crippen molar-refractivity contribution in [3.63, 3.8) is 0 Å². The Morgan fingerprint density at radius 3 is 2.54 bits per heavy atom. The number of halogens is 1. The van der Waals surface area contributed by atoms with Gasteiger partial charge in [0.1, 0.15) is 0 Å². The fraction of sp³-hybridized carbons (Fsp3) is 0.632. The lowest BCUT2D eigenvalue weighted by atomic mass is 9.79. The number of carbonyl (C=O) groups excluding carboxylic acids is 1. The number of nitrogens with one attached hydrogen (secondary N) is 1. The average Bonchev–Trinajstić information content (AvgIpc) is 2.54. The van der Waals surface area contributed by atoms with Gasteiger partial charge in [0, 0.05) is 25.7 Å². The maximum Gasteiger partial charge on any atom is 0.237 e. The molecule has 3 atom stereocenters. The average molecular weight is 354 g/mol. The maximum atomic E-state index is 12.5. The SMILES string of the molecule is CC(CNC(=O)C(C)N1CCC(N)C(C)(C)C1)c1ccccc1.Cl. The van der Waals surface area contributed by atoms with Crippen molar-refractivity contribution in [3.8, 4) is 0 Å². The molecule has 24 heavy (non-hydrogen) atoms. The first-order chi connectivity index (χ1) is 10.8. The van der Waals surface area contributed by atoms with Crippen molar-refractivity contribution in [1.82, 2.24) is 10.2 Å². The van der Waals surface area contributed by atoms with Gasteiger partial charge in [0.05, 0.1) is 6.04 Å². The zero-order valence-corrected chi connectivity index (χ0v) is 16.1. The van der Waals surface area contributed by atoms with E-state index in [1.165, 1.54) is 5.56 Å². The third-order valence-corrected chi connectivity index (χ3v) is 5.22. The molecule has 4 nitrogen and oxygen atoms in total.